The molecule has 1 aliphatic heterocycles. The average Bonchev–Trinajstić information content (AvgIpc) is 2.83. The predicted molar refractivity (Wildman–Crippen MR) is 83.6 cm³/mol. The molecule has 0 aliphatic carbocycles. The van der Waals surface area contributed by atoms with Crippen LogP contribution in [0.4, 0.5) is 10.5 Å². The number of nitrogens with one attached hydrogen (secondary N) is 1. The van der Waals surface area contributed by atoms with Crippen molar-refractivity contribution < 1.29 is 4.79 Å². The van der Waals surface area contributed by atoms with Crippen LogP contribution in [0.25, 0.3) is 0 Å². The van der Waals surface area contributed by atoms with Crippen molar-refractivity contribution in [1.29, 1.82) is 0 Å². The van der Waals surface area contributed by atoms with Gasteiger partial charge in [-0.3, -0.25) is 0 Å². The minimum absolute atomic E-state index is 0.328. The summed E-state index contributed by atoms with van der Waals surface area (Å²) in [4.78, 5) is 18.3. The number of carbonyl (C=O) groups is 1. The van der Waals surface area contributed by atoms with Gasteiger partial charge in [0.05, 0.1) is 0 Å². The van der Waals surface area contributed by atoms with Gasteiger partial charge in [0.2, 0.25) is 0 Å². The van der Waals surface area contributed by atoms with Crippen LogP contribution in [-0.2, 0) is 0 Å². The molecule has 0 saturated carbocycles. The summed E-state index contributed by atoms with van der Waals surface area (Å²) >= 11 is 5.88. The topological polar surface area (TPSA) is 44.7 Å². The molecular weight excluding hydrogens is 274 g/mol. The summed E-state index contributed by atoms with van der Waals surface area (Å²) in [6, 6.07) is 6.75. The van der Waals surface area contributed by atoms with Crippen LogP contribution >= 0.6 is 11.6 Å². The minimum atomic E-state index is -0.328. The number of amidine groups is 1. The Morgan fingerprint density at radius 2 is 2.35 bits per heavy atom. The largest absolute Gasteiger partial charge is 0.360 e. The molecule has 1 saturated heterocycles. The predicted octanol–water partition coefficient (Wildman–Crippen LogP) is 4.17. The quantitative estimate of drug-likeness (QED) is 0.905. The second kappa shape index (κ2) is 7.29. The van der Waals surface area contributed by atoms with Gasteiger partial charge < -0.3 is 10.2 Å². The number of halogens is 1. The molecule has 2 rings (SSSR count). The fourth-order valence-corrected chi connectivity index (χ4v) is 2.46. The Bertz CT molecular complexity index is 502. The summed E-state index contributed by atoms with van der Waals surface area (Å²) in [6.07, 6.45) is 4.24. The van der Waals surface area contributed by atoms with E-state index in [4.69, 9.17) is 11.6 Å². The number of hydrogen-bond donors (Lipinski definition) is 1. The molecule has 0 unspecified atom stereocenters. The highest BCUT2D eigenvalue weighted by molar-refractivity contribution is 6.30. The lowest BCUT2D eigenvalue weighted by atomic mass is 10.3. The zero-order valence-electron chi connectivity index (χ0n) is 11.7. The zero-order valence-corrected chi connectivity index (χ0v) is 12.5. The van der Waals surface area contributed by atoms with E-state index in [2.05, 4.69) is 22.1 Å². The Balaban J connectivity index is 1.97. The fourth-order valence-electron chi connectivity index (χ4n) is 2.27. The fraction of sp³-hybridized carbons (Fsp3) is 0.467. The first kappa shape index (κ1) is 14.9. The van der Waals surface area contributed by atoms with E-state index in [1.807, 2.05) is 0 Å². The van der Waals surface area contributed by atoms with Gasteiger partial charge in [0.1, 0.15) is 5.84 Å². The highest BCUT2D eigenvalue weighted by Gasteiger charge is 2.18. The van der Waals surface area contributed by atoms with E-state index < -0.39 is 0 Å². The molecule has 1 fully saturated rings. The standard InChI is InChI=1S/C15H20ClN3O/c1-2-3-9-19-10-5-8-14(19)18-15(20)17-13-7-4-6-12(16)11-13/h4,6-7,11H,2-3,5,8-10H2,1H3,(H,17,20)/b18-14-. The van der Waals surface area contributed by atoms with Gasteiger partial charge in [-0.05, 0) is 31.0 Å². The van der Waals surface area contributed by atoms with Gasteiger partial charge in [-0.25, -0.2) is 4.79 Å². The SMILES string of the molecule is CCCCN1CCC/C1=N/C(=O)Nc1cccc(Cl)c1. The Morgan fingerprint density at radius 1 is 1.50 bits per heavy atom. The van der Waals surface area contributed by atoms with Crippen molar-refractivity contribution in [3.8, 4) is 0 Å². The normalized spacial score (nSPS) is 16.7. The maximum atomic E-state index is 11.9. The van der Waals surface area contributed by atoms with Gasteiger partial charge in [-0.2, -0.15) is 4.99 Å². The van der Waals surface area contributed by atoms with Crippen LogP contribution in [0.3, 0.4) is 0 Å². The number of hydrogen-bond acceptors (Lipinski definition) is 1. The van der Waals surface area contributed by atoms with E-state index in [1.54, 1.807) is 24.3 Å². The lowest BCUT2D eigenvalue weighted by Gasteiger charge is -2.18. The maximum Gasteiger partial charge on any atom is 0.347 e. The molecule has 1 aromatic rings. The van der Waals surface area contributed by atoms with Crippen molar-refractivity contribution in [2.45, 2.75) is 32.6 Å². The molecular formula is C15H20ClN3O. The first-order valence-electron chi connectivity index (χ1n) is 7.08. The van der Waals surface area contributed by atoms with E-state index in [-0.39, 0.29) is 6.03 Å². The van der Waals surface area contributed by atoms with Gasteiger partial charge in [0.15, 0.2) is 0 Å². The number of carbonyl (C=O) groups excluding carboxylic acids is 1. The molecule has 1 aromatic carbocycles. The van der Waals surface area contributed by atoms with Crippen LogP contribution in [0.2, 0.25) is 5.02 Å². The molecule has 5 heteroatoms. The second-order valence-corrected chi connectivity index (χ2v) is 5.35. The van der Waals surface area contributed by atoms with Gasteiger partial charge in [0.25, 0.3) is 0 Å². The van der Waals surface area contributed by atoms with E-state index >= 15 is 0 Å². The Labute approximate surface area is 124 Å². The Hall–Kier alpha value is -1.55. The minimum Gasteiger partial charge on any atom is -0.360 e. The number of nitrogens with zero attached hydrogens (tertiary/aromatic N) is 2. The van der Waals surface area contributed by atoms with Crippen molar-refractivity contribution in [3.05, 3.63) is 29.3 Å². The second-order valence-electron chi connectivity index (χ2n) is 4.91. The molecule has 20 heavy (non-hydrogen) atoms. The van der Waals surface area contributed by atoms with E-state index in [0.717, 1.165) is 44.6 Å². The highest BCUT2D eigenvalue weighted by atomic mass is 35.5. The van der Waals surface area contributed by atoms with Crippen LogP contribution in [0, 0.1) is 0 Å². The monoisotopic (exact) mass is 293 g/mol. The molecule has 0 aromatic heterocycles. The van der Waals surface area contributed by atoms with Crippen LogP contribution in [0.1, 0.15) is 32.6 Å². The van der Waals surface area contributed by atoms with Crippen LogP contribution < -0.4 is 5.32 Å². The lowest BCUT2D eigenvalue weighted by Crippen LogP contribution is -2.27. The smallest absolute Gasteiger partial charge is 0.347 e. The molecule has 2 amide bonds. The number of urea groups is 1. The molecule has 1 N–H and O–H groups in total. The molecule has 1 aliphatic rings. The average molecular weight is 294 g/mol. The number of rotatable bonds is 4. The number of benzene rings is 1. The summed E-state index contributed by atoms with van der Waals surface area (Å²) in [6.45, 7) is 4.15. The lowest BCUT2D eigenvalue weighted by molar-refractivity contribution is 0.259. The number of anilines is 1. The number of aliphatic imine (C=N–C) groups is 1. The summed E-state index contributed by atoms with van der Waals surface area (Å²) < 4.78 is 0. The van der Waals surface area contributed by atoms with Crippen LogP contribution in [0.5, 0.6) is 0 Å². The summed E-state index contributed by atoms with van der Waals surface area (Å²) in [5, 5.41) is 3.35. The third kappa shape index (κ3) is 4.23. The third-order valence-electron chi connectivity index (χ3n) is 3.28. The van der Waals surface area contributed by atoms with E-state index in [1.165, 1.54) is 0 Å². The number of amides is 2. The van der Waals surface area contributed by atoms with Crippen molar-refractivity contribution in [3.63, 3.8) is 0 Å². The summed E-state index contributed by atoms with van der Waals surface area (Å²) in [5.41, 5.74) is 0.671. The molecule has 0 radical (unpaired) electrons. The van der Waals surface area contributed by atoms with Gasteiger partial charge in [-0.1, -0.05) is 31.0 Å². The van der Waals surface area contributed by atoms with Crippen molar-refractivity contribution in [2.75, 3.05) is 18.4 Å². The van der Waals surface area contributed by atoms with Crippen LogP contribution in [-0.4, -0.2) is 29.9 Å². The number of unbranched alkanes of at least 4 members (excludes halogenated alkanes) is 1. The third-order valence-corrected chi connectivity index (χ3v) is 3.52. The maximum absolute atomic E-state index is 11.9. The highest BCUT2D eigenvalue weighted by Crippen LogP contribution is 2.16. The first-order valence-corrected chi connectivity index (χ1v) is 7.46. The van der Waals surface area contributed by atoms with Crippen molar-refractivity contribution in [1.82, 2.24) is 4.90 Å². The van der Waals surface area contributed by atoms with Gasteiger partial charge in [-0.15, -0.1) is 0 Å². The number of likely N-dealkylation sites (tertiary alicyclic amines) is 1. The van der Waals surface area contributed by atoms with Gasteiger partial charge >= 0.3 is 6.03 Å². The zero-order chi connectivity index (χ0) is 14.4. The molecule has 1 heterocycles. The molecule has 0 atom stereocenters. The van der Waals surface area contributed by atoms with E-state index in [9.17, 15) is 4.79 Å². The summed E-state index contributed by atoms with van der Waals surface area (Å²) in [7, 11) is 0. The Kier molecular flexibility index (Phi) is 5.41. The molecule has 4 nitrogen and oxygen atoms in total. The first-order chi connectivity index (χ1) is 9.69. The van der Waals surface area contributed by atoms with Gasteiger partial charge in [0, 0.05) is 30.2 Å². The van der Waals surface area contributed by atoms with E-state index in [0.29, 0.717) is 10.7 Å². The Morgan fingerprint density at radius 3 is 3.10 bits per heavy atom. The molecule has 0 spiro atoms. The molecule has 108 valence electrons. The van der Waals surface area contributed by atoms with Crippen molar-refractivity contribution >= 4 is 29.2 Å². The summed E-state index contributed by atoms with van der Waals surface area (Å²) in [5.74, 6) is 0.901. The van der Waals surface area contributed by atoms with Crippen LogP contribution in [0.15, 0.2) is 29.3 Å². The van der Waals surface area contributed by atoms with Crippen molar-refractivity contribution in [2.24, 2.45) is 4.99 Å². The molecule has 0 bridgehead atoms.